The highest BCUT2D eigenvalue weighted by atomic mass is 16.8. The number of rotatable bonds is 10. The van der Waals surface area contributed by atoms with E-state index in [0.29, 0.717) is 13.2 Å². The first-order valence-corrected chi connectivity index (χ1v) is 6.99. The first kappa shape index (κ1) is 16.0. The van der Waals surface area contributed by atoms with Crippen LogP contribution < -0.4 is 10.5 Å². The molecule has 2 N–H and O–H groups in total. The van der Waals surface area contributed by atoms with Gasteiger partial charge in [-0.3, -0.25) is 0 Å². The van der Waals surface area contributed by atoms with Crippen molar-refractivity contribution in [3.05, 3.63) is 29.8 Å². The number of para-hydroxylation sites is 1. The summed E-state index contributed by atoms with van der Waals surface area (Å²) in [6.45, 7) is 5.04. The van der Waals surface area contributed by atoms with E-state index in [1.807, 2.05) is 32.0 Å². The zero-order chi connectivity index (χ0) is 13.9. The number of nitrogens with two attached hydrogens (primary N) is 1. The van der Waals surface area contributed by atoms with E-state index in [0.717, 1.165) is 31.6 Å². The van der Waals surface area contributed by atoms with Gasteiger partial charge in [-0.2, -0.15) is 0 Å². The van der Waals surface area contributed by atoms with Crippen LogP contribution in [0, 0.1) is 0 Å². The van der Waals surface area contributed by atoms with Crippen LogP contribution in [0.25, 0.3) is 0 Å². The average Bonchev–Trinajstić information content (AvgIpc) is 2.41. The molecule has 0 unspecified atom stereocenters. The zero-order valence-corrected chi connectivity index (χ0v) is 11.9. The normalized spacial score (nSPS) is 10.9. The molecule has 0 atom stereocenters. The van der Waals surface area contributed by atoms with Crippen molar-refractivity contribution in [2.24, 2.45) is 5.73 Å². The van der Waals surface area contributed by atoms with Gasteiger partial charge in [0, 0.05) is 0 Å². The van der Waals surface area contributed by atoms with Crippen LogP contribution in [0.2, 0.25) is 0 Å². The molecule has 0 spiro atoms. The molecule has 0 aliphatic carbocycles. The number of aryl methyl sites for hydroxylation is 1. The van der Waals surface area contributed by atoms with Gasteiger partial charge in [0.2, 0.25) is 0 Å². The Morgan fingerprint density at radius 3 is 2.37 bits per heavy atom. The van der Waals surface area contributed by atoms with Crippen molar-refractivity contribution < 1.29 is 14.2 Å². The van der Waals surface area contributed by atoms with Crippen molar-refractivity contribution in [3.8, 4) is 5.75 Å². The van der Waals surface area contributed by atoms with Crippen molar-refractivity contribution in [3.63, 3.8) is 0 Å². The Kier molecular flexibility index (Phi) is 8.21. The maximum atomic E-state index is 5.78. The molecule has 0 saturated heterocycles. The van der Waals surface area contributed by atoms with Gasteiger partial charge in [-0.25, -0.2) is 0 Å². The topological polar surface area (TPSA) is 53.7 Å². The van der Waals surface area contributed by atoms with Gasteiger partial charge in [-0.05, 0) is 51.3 Å². The van der Waals surface area contributed by atoms with E-state index < -0.39 is 6.48 Å². The molecule has 0 saturated carbocycles. The van der Waals surface area contributed by atoms with E-state index in [-0.39, 0.29) is 0 Å². The molecule has 1 aromatic carbocycles. The standard InChI is InChI=1S/C15H25NO3/c1-3-17-15(18-4-2)19-14-11-6-5-9-13(14)10-7-8-12-16/h5-6,9,11,15H,3-4,7-8,10,12,16H2,1-2H3. The summed E-state index contributed by atoms with van der Waals surface area (Å²) in [6, 6.07) is 7.99. The van der Waals surface area contributed by atoms with Crippen molar-refractivity contribution in [2.75, 3.05) is 19.8 Å². The van der Waals surface area contributed by atoms with Gasteiger partial charge in [-0.15, -0.1) is 0 Å². The minimum Gasteiger partial charge on any atom is -0.441 e. The van der Waals surface area contributed by atoms with E-state index in [2.05, 4.69) is 6.07 Å². The van der Waals surface area contributed by atoms with Crippen molar-refractivity contribution in [1.82, 2.24) is 0 Å². The Bertz CT molecular complexity index is 338. The fraction of sp³-hybridized carbons (Fsp3) is 0.600. The van der Waals surface area contributed by atoms with Gasteiger partial charge >= 0.3 is 6.48 Å². The summed E-state index contributed by atoms with van der Waals surface area (Å²) in [7, 11) is 0. The van der Waals surface area contributed by atoms with E-state index in [1.54, 1.807) is 0 Å². The van der Waals surface area contributed by atoms with Crippen molar-refractivity contribution in [2.45, 2.75) is 39.6 Å². The van der Waals surface area contributed by atoms with Crippen LogP contribution >= 0.6 is 0 Å². The van der Waals surface area contributed by atoms with E-state index in [4.69, 9.17) is 19.9 Å². The highest BCUT2D eigenvalue weighted by Crippen LogP contribution is 2.21. The van der Waals surface area contributed by atoms with Crippen LogP contribution in [-0.2, 0) is 15.9 Å². The van der Waals surface area contributed by atoms with Crippen LogP contribution in [-0.4, -0.2) is 26.2 Å². The van der Waals surface area contributed by atoms with E-state index in [9.17, 15) is 0 Å². The number of hydrogen-bond donors (Lipinski definition) is 1. The maximum absolute atomic E-state index is 5.78. The Balaban J connectivity index is 2.63. The first-order chi connectivity index (χ1) is 9.31. The van der Waals surface area contributed by atoms with Gasteiger partial charge < -0.3 is 19.9 Å². The lowest BCUT2D eigenvalue weighted by molar-refractivity contribution is -0.242. The minimum absolute atomic E-state index is 0.556. The summed E-state index contributed by atoms with van der Waals surface area (Å²) in [6.07, 6.45) is 3.04. The third kappa shape index (κ3) is 6.05. The van der Waals surface area contributed by atoms with Crippen LogP contribution in [0.4, 0.5) is 0 Å². The fourth-order valence-corrected chi connectivity index (χ4v) is 1.78. The van der Waals surface area contributed by atoms with E-state index in [1.165, 1.54) is 5.56 Å². The monoisotopic (exact) mass is 267 g/mol. The summed E-state index contributed by atoms with van der Waals surface area (Å²) in [5.41, 5.74) is 6.69. The molecule has 108 valence electrons. The Morgan fingerprint density at radius 1 is 1.05 bits per heavy atom. The van der Waals surface area contributed by atoms with Crippen LogP contribution in [0.15, 0.2) is 24.3 Å². The second-order valence-electron chi connectivity index (χ2n) is 4.17. The quantitative estimate of drug-likeness (QED) is 0.523. The van der Waals surface area contributed by atoms with Crippen LogP contribution in [0.1, 0.15) is 32.3 Å². The zero-order valence-electron chi connectivity index (χ0n) is 11.9. The molecule has 0 amide bonds. The summed E-state index contributed by atoms with van der Waals surface area (Å²) in [4.78, 5) is 0. The molecule has 19 heavy (non-hydrogen) atoms. The number of ether oxygens (including phenoxy) is 3. The summed E-state index contributed by atoms with van der Waals surface area (Å²) in [5.74, 6) is 0.825. The molecule has 0 aliphatic heterocycles. The second kappa shape index (κ2) is 9.78. The molecule has 4 nitrogen and oxygen atoms in total. The maximum Gasteiger partial charge on any atom is 0.315 e. The lowest BCUT2D eigenvalue weighted by atomic mass is 10.1. The molecule has 0 aromatic heterocycles. The van der Waals surface area contributed by atoms with Crippen molar-refractivity contribution >= 4 is 0 Å². The van der Waals surface area contributed by atoms with Gasteiger partial charge in [0.25, 0.3) is 0 Å². The summed E-state index contributed by atoms with van der Waals surface area (Å²) in [5, 5.41) is 0. The highest BCUT2D eigenvalue weighted by Gasteiger charge is 2.12. The molecule has 4 heteroatoms. The molecular weight excluding hydrogens is 242 g/mol. The van der Waals surface area contributed by atoms with E-state index >= 15 is 0 Å². The third-order valence-electron chi connectivity index (χ3n) is 2.70. The minimum atomic E-state index is -0.634. The molecule has 0 aliphatic rings. The molecule has 0 radical (unpaired) electrons. The number of hydrogen-bond acceptors (Lipinski definition) is 4. The molecule has 0 bridgehead atoms. The molecule has 0 fully saturated rings. The molecule has 1 rings (SSSR count). The second-order valence-corrected chi connectivity index (χ2v) is 4.17. The fourth-order valence-electron chi connectivity index (χ4n) is 1.78. The summed E-state index contributed by atoms with van der Waals surface area (Å²) >= 11 is 0. The lowest BCUT2D eigenvalue weighted by Gasteiger charge is -2.20. The van der Waals surface area contributed by atoms with Gasteiger partial charge in [0.1, 0.15) is 5.75 Å². The molecular formula is C15H25NO3. The summed E-state index contributed by atoms with van der Waals surface area (Å²) < 4.78 is 16.6. The van der Waals surface area contributed by atoms with Gasteiger partial charge in [0.15, 0.2) is 0 Å². The highest BCUT2D eigenvalue weighted by molar-refractivity contribution is 5.33. The van der Waals surface area contributed by atoms with Gasteiger partial charge in [-0.1, -0.05) is 18.2 Å². The first-order valence-electron chi connectivity index (χ1n) is 6.99. The third-order valence-corrected chi connectivity index (χ3v) is 2.70. The SMILES string of the molecule is CCOC(OCC)Oc1ccccc1CCCCN. The predicted molar refractivity (Wildman–Crippen MR) is 76.1 cm³/mol. The molecule has 0 heterocycles. The lowest BCUT2D eigenvalue weighted by Crippen LogP contribution is -2.24. The van der Waals surface area contributed by atoms with Crippen LogP contribution in [0.5, 0.6) is 5.75 Å². The van der Waals surface area contributed by atoms with Crippen molar-refractivity contribution in [1.29, 1.82) is 0 Å². The Labute approximate surface area is 115 Å². The average molecular weight is 267 g/mol. The van der Waals surface area contributed by atoms with Crippen LogP contribution in [0.3, 0.4) is 0 Å². The Morgan fingerprint density at radius 2 is 1.74 bits per heavy atom. The largest absolute Gasteiger partial charge is 0.441 e. The molecule has 1 aromatic rings. The predicted octanol–water partition coefficient (Wildman–Crippen LogP) is 2.70. The smallest absolute Gasteiger partial charge is 0.315 e. The Hall–Kier alpha value is -1.10. The number of unbranched alkanes of at least 4 members (excludes halogenated alkanes) is 1. The number of benzene rings is 1. The van der Waals surface area contributed by atoms with Gasteiger partial charge in [0.05, 0.1) is 13.2 Å².